The Balaban J connectivity index is 1.56. The standard InChI is InChI=1S/C22H19N3O3/c1-27-19-4-2-3-15-11-16(13-28-20(15)19)21-23-9-10-25(21)17-6-5-14-7-8-24-22(26)18(14)12-17/h2-6,9-12H,7-8,13H2,1H3,(H,24,26). The quantitative estimate of drug-likeness (QED) is 0.766. The van der Waals surface area contributed by atoms with Crippen LogP contribution in [0.15, 0.2) is 48.8 Å². The number of hydrogen-bond donors (Lipinski definition) is 1. The van der Waals surface area contributed by atoms with E-state index in [0.29, 0.717) is 13.2 Å². The highest BCUT2D eigenvalue weighted by Crippen LogP contribution is 2.37. The van der Waals surface area contributed by atoms with Crippen molar-refractivity contribution in [3.63, 3.8) is 0 Å². The van der Waals surface area contributed by atoms with Crippen molar-refractivity contribution < 1.29 is 14.3 Å². The number of rotatable bonds is 3. The molecule has 2 aliphatic rings. The Kier molecular flexibility index (Phi) is 3.90. The number of nitrogens with one attached hydrogen (secondary N) is 1. The van der Waals surface area contributed by atoms with Gasteiger partial charge in [0.25, 0.3) is 5.91 Å². The number of imidazole rings is 1. The van der Waals surface area contributed by atoms with Crippen molar-refractivity contribution in [3.05, 3.63) is 71.3 Å². The summed E-state index contributed by atoms with van der Waals surface area (Å²) in [6.45, 7) is 1.09. The summed E-state index contributed by atoms with van der Waals surface area (Å²) in [5, 5.41) is 2.90. The molecule has 28 heavy (non-hydrogen) atoms. The van der Waals surface area contributed by atoms with Gasteiger partial charge in [0, 0.05) is 41.3 Å². The van der Waals surface area contributed by atoms with Gasteiger partial charge in [-0.1, -0.05) is 18.2 Å². The van der Waals surface area contributed by atoms with Crippen LogP contribution in [0.4, 0.5) is 0 Å². The fraction of sp³-hybridized carbons (Fsp3) is 0.182. The van der Waals surface area contributed by atoms with Crippen LogP contribution in [0.25, 0.3) is 17.3 Å². The summed E-state index contributed by atoms with van der Waals surface area (Å²) in [6, 6.07) is 11.8. The molecular weight excluding hydrogens is 354 g/mol. The number of ether oxygens (including phenoxy) is 2. The maximum absolute atomic E-state index is 12.2. The first kappa shape index (κ1) is 16.6. The lowest BCUT2D eigenvalue weighted by molar-refractivity contribution is 0.0946. The fourth-order valence-corrected chi connectivity index (χ4v) is 3.77. The zero-order valence-electron chi connectivity index (χ0n) is 15.4. The van der Waals surface area contributed by atoms with Crippen molar-refractivity contribution >= 4 is 17.6 Å². The Morgan fingerprint density at radius 1 is 1.25 bits per heavy atom. The van der Waals surface area contributed by atoms with Gasteiger partial charge in [-0.15, -0.1) is 0 Å². The summed E-state index contributed by atoms with van der Waals surface area (Å²) >= 11 is 0. The predicted octanol–water partition coefficient (Wildman–Crippen LogP) is 3.10. The third kappa shape index (κ3) is 2.65. The Labute approximate surface area is 162 Å². The van der Waals surface area contributed by atoms with Crippen LogP contribution >= 0.6 is 0 Å². The second kappa shape index (κ2) is 6.56. The van der Waals surface area contributed by atoms with Gasteiger partial charge in [-0.2, -0.15) is 0 Å². The first-order chi connectivity index (χ1) is 13.7. The molecule has 1 aromatic heterocycles. The highest BCUT2D eigenvalue weighted by Gasteiger charge is 2.21. The molecule has 140 valence electrons. The summed E-state index contributed by atoms with van der Waals surface area (Å²) in [4.78, 5) is 16.8. The molecule has 0 spiro atoms. The zero-order valence-corrected chi connectivity index (χ0v) is 15.4. The van der Waals surface area contributed by atoms with Gasteiger partial charge < -0.3 is 14.8 Å². The molecule has 1 N–H and O–H groups in total. The van der Waals surface area contributed by atoms with Crippen LogP contribution in [0.2, 0.25) is 0 Å². The molecule has 3 heterocycles. The zero-order chi connectivity index (χ0) is 19.1. The van der Waals surface area contributed by atoms with Gasteiger partial charge in [-0.3, -0.25) is 9.36 Å². The molecule has 6 heteroatoms. The van der Waals surface area contributed by atoms with Gasteiger partial charge in [-0.25, -0.2) is 4.98 Å². The molecule has 0 saturated carbocycles. The number of fused-ring (bicyclic) bond motifs is 2. The summed E-state index contributed by atoms with van der Waals surface area (Å²) in [7, 11) is 1.64. The first-order valence-corrected chi connectivity index (χ1v) is 9.20. The van der Waals surface area contributed by atoms with Crippen LogP contribution in [0.5, 0.6) is 11.5 Å². The number of para-hydroxylation sites is 1. The molecule has 3 aromatic rings. The number of hydrogen-bond acceptors (Lipinski definition) is 4. The van der Waals surface area contributed by atoms with Gasteiger partial charge in [0.2, 0.25) is 0 Å². The normalized spacial score (nSPS) is 15.0. The van der Waals surface area contributed by atoms with E-state index in [2.05, 4.69) is 16.4 Å². The number of aromatic nitrogens is 2. The van der Waals surface area contributed by atoms with Crippen LogP contribution in [-0.4, -0.2) is 35.7 Å². The lowest BCUT2D eigenvalue weighted by Gasteiger charge is -2.21. The van der Waals surface area contributed by atoms with Crippen molar-refractivity contribution in [2.24, 2.45) is 0 Å². The summed E-state index contributed by atoms with van der Waals surface area (Å²) in [5.74, 6) is 2.24. The monoisotopic (exact) mass is 373 g/mol. The van der Waals surface area contributed by atoms with E-state index in [1.807, 2.05) is 47.2 Å². The van der Waals surface area contributed by atoms with Crippen molar-refractivity contribution in [1.29, 1.82) is 0 Å². The van der Waals surface area contributed by atoms with Crippen molar-refractivity contribution in [2.45, 2.75) is 6.42 Å². The Morgan fingerprint density at radius 3 is 3.07 bits per heavy atom. The summed E-state index contributed by atoms with van der Waals surface area (Å²) < 4.78 is 13.3. The van der Waals surface area contributed by atoms with E-state index < -0.39 is 0 Å². The van der Waals surface area contributed by atoms with E-state index in [9.17, 15) is 4.79 Å². The number of carbonyl (C=O) groups excluding carboxylic acids is 1. The number of amides is 1. The van der Waals surface area contributed by atoms with Crippen LogP contribution < -0.4 is 14.8 Å². The molecule has 0 atom stereocenters. The van der Waals surface area contributed by atoms with Crippen LogP contribution in [0, 0.1) is 0 Å². The van der Waals surface area contributed by atoms with Gasteiger partial charge >= 0.3 is 0 Å². The molecular formula is C22H19N3O3. The summed E-state index contributed by atoms with van der Waals surface area (Å²) in [6.07, 6.45) is 6.59. The van der Waals surface area contributed by atoms with Gasteiger partial charge in [0.1, 0.15) is 12.4 Å². The molecule has 0 saturated heterocycles. The van der Waals surface area contributed by atoms with Crippen molar-refractivity contribution in [1.82, 2.24) is 14.9 Å². The molecule has 2 aromatic carbocycles. The molecule has 2 aliphatic heterocycles. The number of carbonyl (C=O) groups is 1. The van der Waals surface area contributed by atoms with Gasteiger partial charge in [-0.05, 0) is 36.3 Å². The minimum absolute atomic E-state index is 0.0222. The van der Waals surface area contributed by atoms with E-state index in [1.165, 1.54) is 0 Å². The lowest BCUT2D eigenvalue weighted by Crippen LogP contribution is -2.31. The molecule has 6 nitrogen and oxygen atoms in total. The van der Waals surface area contributed by atoms with Crippen LogP contribution in [0.1, 0.15) is 27.3 Å². The smallest absolute Gasteiger partial charge is 0.251 e. The summed E-state index contributed by atoms with van der Waals surface area (Å²) in [5.41, 5.74) is 4.64. The fourth-order valence-electron chi connectivity index (χ4n) is 3.77. The van der Waals surface area contributed by atoms with Crippen LogP contribution in [0.3, 0.4) is 0 Å². The second-order valence-electron chi connectivity index (χ2n) is 6.81. The highest BCUT2D eigenvalue weighted by atomic mass is 16.5. The largest absolute Gasteiger partial charge is 0.493 e. The van der Waals surface area contributed by atoms with Gasteiger partial charge in [0.05, 0.1) is 7.11 Å². The Hall–Kier alpha value is -3.54. The molecule has 0 aliphatic carbocycles. The lowest BCUT2D eigenvalue weighted by atomic mass is 9.99. The SMILES string of the molecule is COc1cccc2c1OCC(c1nccn1-c1ccc3c(c1)C(=O)NCC3)=C2. The molecule has 1 amide bonds. The van der Waals surface area contributed by atoms with Crippen molar-refractivity contribution in [2.75, 3.05) is 20.3 Å². The van der Waals surface area contributed by atoms with E-state index in [0.717, 1.165) is 51.7 Å². The average molecular weight is 373 g/mol. The second-order valence-corrected chi connectivity index (χ2v) is 6.81. The molecule has 5 rings (SSSR count). The molecule has 0 radical (unpaired) electrons. The molecule has 0 unspecified atom stereocenters. The predicted molar refractivity (Wildman–Crippen MR) is 106 cm³/mol. The van der Waals surface area contributed by atoms with Crippen molar-refractivity contribution in [3.8, 4) is 17.2 Å². The van der Waals surface area contributed by atoms with E-state index in [4.69, 9.17) is 9.47 Å². The van der Waals surface area contributed by atoms with E-state index in [1.54, 1.807) is 13.3 Å². The first-order valence-electron chi connectivity index (χ1n) is 9.20. The number of benzene rings is 2. The minimum Gasteiger partial charge on any atom is -0.493 e. The number of methoxy groups -OCH3 is 1. The third-order valence-electron chi connectivity index (χ3n) is 5.16. The topological polar surface area (TPSA) is 65.4 Å². The van der Waals surface area contributed by atoms with Crippen LogP contribution in [-0.2, 0) is 6.42 Å². The van der Waals surface area contributed by atoms with E-state index >= 15 is 0 Å². The Bertz CT molecular complexity index is 1110. The average Bonchev–Trinajstić information content (AvgIpc) is 3.23. The maximum Gasteiger partial charge on any atom is 0.251 e. The van der Waals surface area contributed by atoms with E-state index in [-0.39, 0.29) is 5.91 Å². The molecule has 0 bridgehead atoms. The highest BCUT2D eigenvalue weighted by molar-refractivity contribution is 5.97. The minimum atomic E-state index is -0.0222. The Morgan fingerprint density at radius 2 is 2.18 bits per heavy atom. The van der Waals surface area contributed by atoms with Gasteiger partial charge in [0.15, 0.2) is 11.5 Å². The maximum atomic E-state index is 12.2. The number of nitrogens with zero attached hydrogens (tertiary/aromatic N) is 2. The third-order valence-corrected chi connectivity index (χ3v) is 5.16. The molecule has 0 fully saturated rings.